The summed E-state index contributed by atoms with van der Waals surface area (Å²) in [4.78, 5) is 26.0. The van der Waals surface area contributed by atoms with E-state index >= 15 is 0 Å². The van der Waals surface area contributed by atoms with E-state index in [1.165, 1.54) is 4.68 Å². The van der Waals surface area contributed by atoms with Gasteiger partial charge in [-0.05, 0) is 30.5 Å². The van der Waals surface area contributed by atoms with Gasteiger partial charge in [0.1, 0.15) is 5.82 Å². The van der Waals surface area contributed by atoms with Crippen molar-refractivity contribution >= 4 is 11.7 Å². The van der Waals surface area contributed by atoms with Gasteiger partial charge in [-0.15, -0.1) is 0 Å². The lowest BCUT2D eigenvalue weighted by Gasteiger charge is -2.43. The van der Waals surface area contributed by atoms with E-state index in [0.29, 0.717) is 17.5 Å². The number of hydrogen-bond donors (Lipinski definition) is 1. The Balaban J connectivity index is 1.61. The summed E-state index contributed by atoms with van der Waals surface area (Å²) in [6.45, 7) is 2.62. The highest BCUT2D eigenvalue weighted by molar-refractivity contribution is 5.98. The van der Waals surface area contributed by atoms with E-state index in [4.69, 9.17) is 0 Å². The molecule has 1 N–H and O–H groups in total. The molecule has 0 aromatic carbocycles. The maximum absolute atomic E-state index is 14.6. The Bertz CT molecular complexity index is 1240. The second-order valence-corrected chi connectivity index (χ2v) is 8.99. The minimum Gasteiger partial charge on any atom is -0.367 e. The third kappa shape index (κ3) is 5.44. The number of carbonyl (C=O) groups is 1. The van der Waals surface area contributed by atoms with Crippen LogP contribution in [0.25, 0.3) is 11.3 Å². The standard InChI is InChI=1S/C23H24F5N7O/c1-13-4-5-29-16(6-13)15-11-34(3)33-20(15)21(36)35-12-22(24,25)7-14(2)17(35)8-31-19-10-30-18(9-32-19)23(26,27)28/h4-6,9-11,14,17H,7-8,12H2,1-3H3,(H,31,32)/t14-,17-/m1/s1. The van der Waals surface area contributed by atoms with Crippen LogP contribution in [0.4, 0.5) is 27.8 Å². The van der Waals surface area contributed by atoms with Crippen LogP contribution < -0.4 is 5.32 Å². The maximum Gasteiger partial charge on any atom is 0.434 e. The van der Waals surface area contributed by atoms with Gasteiger partial charge < -0.3 is 10.2 Å². The van der Waals surface area contributed by atoms with Crippen molar-refractivity contribution in [1.82, 2.24) is 29.6 Å². The van der Waals surface area contributed by atoms with Gasteiger partial charge in [0.15, 0.2) is 11.4 Å². The summed E-state index contributed by atoms with van der Waals surface area (Å²) >= 11 is 0. The molecule has 0 unspecified atom stereocenters. The smallest absolute Gasteiger partial charge is 0.367 e. The SMILES string of the molecule is Cc1ccnc(-c2cn(C)nc2C(=O)N2CC(F)(F)C[C@@H](C)[C@H]2CNc2cnc(C(F)(F)F)cn2)c1. The van der Waals surface area contributed by atoms with E-state index in [2.05, 4.69) is 25.4 Å². The van der Waals surface area contributed by atoms with E-state index in [9.17, 15) is 26.7 Å². The molecule has 1 fully saturated rings. The largest absolute Gasteiger partial charge is 0.434 e. The lowest BCUT2D eigenvalue weighted by molar-refractivity contribution is -0.141. The number of amides is 1. The summed E-state index contributed by atoms with van der Waals surface area (Å²) in [7, 11) is 1.62. The molecule has 0 radical (unpaired) electrons. The number of halogens is 5. The Hall–Kier alpha value is -3.64. The molecule has 1 saturated heterocycles. The van der Waals surface area contributed by atoms with E-state index in [0.717, 1.165) is 16.7 Å². The minimum atomic E-state index is -4.63. The normalized spacial score (nSPS) is 19.8. The lowest BCUT2D eigenvalue weighted by Crippen LogP contribution is -2.57. The van der Waals surface area contributed by atoms with Crippen LogP contribution in [-0.2, 0) is 13.2 Å². The number of hydrogen-bond acceptors (Lipinski definition) is 6. The Kier molecular flexibility index (Phi) is 6.67. The van der Waals surface area contributed by atoms with Gasteiger partial charge in [0.05, 0.1) is 36.2 Å². The van der Waals surface area contributed by atoms with Crippen LogP contribution in [0.2, 0.25) is 0 Å². The van der Waals surface area contributed by atoms with Crippen molar-refractivity contribution in [3.63, 3.8) is 0 Å². The number of pyridine rings is 1. The number of aryl methyl sites for hydroxylation is 2. The quantitative estimate of drug-likeness (QED) is 0.519. The van der Waals surface area contributed by atoms with Crippen molar-refractivity contribution < 1.29 is 26.7 Å². The van der Waals surface area contributed by atoms with Crippen molar-refractivity contribution in [2.75, 3.05) is 18.4 Å². The predicted octanol–water partition coefficient (Wildman–Crippen LogP) is 4.20. The molecular weight excluding hydrogens is 485 g/mol. The number of anilines is 1. The van der Waals surface area contributed by atoms with Crippen LogP contribution in [0, 0.1) is 12.8 Å². The second kappa shape index (κ2) is 9.43. The summed E-state index contributed by atoms with van der Waals surface area (Å²) in [5.41, 5.74) is 0.633. The Labute approximate surface area is 203 Å². The highest BCUT2D eigenvalue weighted by atomic mass is 19.4. The number of nitrogens with one attached hydrogen (secondary N) is 1. The molecule has 36 heavy (non-hydrogen) atoms. The van der Waals surface area contributed by atoms with Gasteiger partial charge in [-0.3, -0.25) is 14.5 Å². The fraction of sp³-hybridized carbons (Fsp3) is 0.435. The number of nitrogens with zero attached hydrogens (tertiary/aromatic N) is 6. The van der Waals surface area contributed by atoms with Gasteiger partial charge in [0, 0.05) is 32.4 Å². The molecule has 0 bridgehead atoms. The molecule has 0 saturated carbocycles. The summed E-state index contributed by atoms with van der Waals surface area (Å²) in [6, 6.07) is 2.85. The summed E-state index contributed by atoms with van der Waals surface area (Å²) in [6.07, 6.45) is -0.399. The number of likely N-dealkylation sites (tertiary alicyclic amines) is 1. The third-order valence-electron chi connectivity index (χ3n) is 6.00. The molecule has 0 aliphatic carbocycles. The molecule has 1 amide bonds. The number of alkyl halides is 5. The summed E-state index contributed by atoms with van der Waals surface area (Å²) in [5, 5.41) is 7.07. The zero-order valence-corrected chi connectivity index (χ0v) is 19.7. The van der Waals surface area contributed by atoms with Gasteiger partial charge in [-0.1, -0.05) is 6.92 Å². The topological polar surface area (TPSA) is 88.8 Å². The van der Waals surface area contributed by atoms with Gasteiger partial charge in [-0.2, -0.15) is 18.3 Å². The monoisotopic (exact) mass is 509 g/mol. The summed E-state index contributed by atoms with van der Waals surface area (Å²) < 4.78 is 68.8. The molecule has 2 atom stereocenters. The number of piperidine rings is 1. The average molecular weight is 509 g/mol. The fourth-order valence-electron chi connectivity index (χ4n) is 4.31. The first-order valence-corrected chi connectivity index (χ1v) is 11.1. The molecular formula is C23H24F5N7O. The fourth-order valence-corrected chi connectivity index (χ4v) is 4.31. The molecule has 0 spiro atoms. The van der Waals surface area contributed by atoms with Crippen LogP contribution in [0.1, 0.15) is 35.1 Å². The van der Waals surface area contributed by atoms with Crippen molar-refractivity contribution in [3.8, 4) is 11.3 Å². The van der Waals surface area contributed by atoms with Crippen LogP contribution in [0.15, 0.2) is 36.9 Å². The van der Waals surface area contributed by atoms with E-state index in [1.54, 1.807) is 38.5 Å². The lowest BCUT2D eigenvalue weighted by atomic mass is 9.88. The summed E-state index contributed by atoms with van der Waals surface area (Å²) in [5.74, 6) is -4.40. The van der Waals surface area contributed by atoms with E-state index in [1.807, 2.05) is 6.92 Å². The zero-order valence-electron chi connectivity index (χ0n) is 19.7. The Morgan fingerprint density at radius 3 is 2.61 bits per heavy atom. The van der Waals surface area contributed by atoms with Crippen molar-refractivity contribution in [1.29, 1.82) is 0 Å². The number of carbonyl (C=O) groups excluding carboxylic acids is 1. The van der Waals surface area contributed by atoms with Crippen LogP contribution in [0.5, 0.6) is 0 Å². The number of aromatic nitrogens is 5. The highest BCUT2D eigenvalue weighted by Gasteiger charge is 2.47. The third-order valence-corrected chi connectivity index (χ3v) is 6.00. The zero-order chi connectivity index (χ0) is 26.3. The Morgan fingerprint density at radius 1 is 1.22 bits per heavy atom. The van der Waals surface area contributed by atoms with Crippen molar-refractivity contribution in [2.24, 2.45) is 13.0 Å². The molecule has 3 aromatic rings. The van der Waals surface area contributed by atoms with Crippen molar-refractivity contribution in [3.05, 3.63) is 53.9 Å². The molecule has 192 valence electrons. The number of rotatable bonds is 5. The molecule has 3 aromatic heterocycles. The van der Waals surface area contributed by atoms with Gasteiger partial charge in [-0.25, -0.2) is 18.7 Å². The molecule has 8 nitrogen and oxygen atoms in total. The Morgan fingerprint density at radius 2 is 1.97 bits per heavy atom. The van der Waals surface area contributed by atoms with E-state index in [-0.39, 0.29) is 18.1 Å². The van der Waals surface area contributed by atoms with Crippen LogP contribution in [0.3, 0.4) is 0 Å². The molecule has 1 aliphatic rings. The second-order valence-electron chi connectivity index (χ2n) is 8.99. The van der Waals surface area contributed by atoms with Crippen LogP contribution >= 0.6 is 0 Å². The van der Waals surface area contributed by atoms with Gasteiger partial charge in [0.2, 0.25) is 0 Å². The molecule has 13 heteroatoms. The molecule has 4 heterocycles. The van der Waals surface area contributed by atoms with Crippen molar-refractivity contribution in [2.45, 2.75) is 38.4 Å². The van der Waals surface area contributed by atoms with Gasteiger partial charge in [0.25, 0.3) is 11.8 Å². The van der Waals surface area contributed by atoms with Gasteiger partial charge >= 0.3 is 6.18 Å². The molecule has 1 aliphatic heterocycles. The first-order valence-electron chi connectivity index (χ1n) is 11.1. The first-order chi connectivity index (χ1) is 16.8. The minimum absolute atomic E-state index is 0.0141. The van der Waals surface area contributed by atoms with E-state index < -0.39 is 48.6 Å². The van der Waals surface area contributed by atoms with Crippen LogP contribution in [-0.4, -0.2) is 60.6 Å². The predicted molar refractivity (Wildman–Crippen MR) is 120 cm³/mol. The average Bonchev–Trinajstić information content (AvgIpc) is 3.18. The maximum atomic E-state index is 14.6. The molecule has 4 rings (SSSR count). The first kappa shape index (κ1) is 25.5. The highest BCUT2D eigenvalue weighted by Crippen LogP contribution is 2.36.